The highest BCUT2D eigenvalue weighted by molar-refractivity contribution is 5.35. The van der Waals surface area contributed by atoms with Gasteiger partial charge < -0.3 is 9.88 Å². The lowest BCUT2D eigenvalue weighted by Gasteiger charge is -2.08. The Hall–Kier alpha value is -2.17. The fourth-order valence-electron chi connectivity index (χ4n) is 1.72. The number of hydrogen-bond donors (Lipinski definition) is 1. The third kappa shape index (κ3) is 2.94. The molecule has 0 saturated heterocycles. The second-order valence-electron chi connectivity index (χ2n) is 4.01. The SMILES string of the molecule is CCNc1cc(C)nc(Cn2ccccc2=O)n1. The number of pyridine rings is 1. The predicted molar refractivity (Wildman–Crippen MR) is 70.7 cm³/mol. The molecule has 0 aliphatic carbocycles. The second-order valence-corrected chi connectivity index (χ2v) is 4.01. The maximum absolute atomic E-state index is 11.6. The number of nitrogens with one attached hydrogen (secondary N) is 1. The smallest absolute Gasteiger partial charge is 0.250 e. The van der Waals surface area contributed by atoms with E-state index in [1.807, 2.05) is 26.0 Å². The fraction of sp³-hybridized carbons (Fsp3) is 0.308. The number of hydrogen-bond acceptors (Lipinski definition) is 4. The van der Waals surface area contributed by atoms with E-state index in [4.69, 9.17) is 0 Å². The van der Waals surface area contributed by atoms with E-state index in [1.165, 1.54) is 6.07 Å². The molecule has 0 aromatic carbocycles. The summed E-state index contributed by atoms with van der Waals surface area (Å²) >= 11 is 0. The molecule has 0 fully saturated rings. The summed E-state index contributed by atoms with van der Waals surface area (Å²) in [6.07, 6.45) is 1.74. The van der Waals surface area contributed by atoms with Gasteiger partial charge in [-0.1, -0.05) is 6.07 Å². The van der Waals surface area contributed by atoms with Crippen LogP contribution < -0.4 is 10.9 Å². The van der Waals surface area contributed by atoms with E-state index in [2.05, 4.69) is 15.3 Å². The number of nitrogens with zero attached hydrogens (tertiary/aromatic N) is 3. The average Bonchev–Trinajstić information content (AvgIpc) is 2.32. The summed E-state index contributed by atoms with van der Waals surface area (Å²) in [5, 5.41) is 3.15. The number of aryl methyl sites for hydroxylation is 1. The van der Waals surface area contributed by atoms with Crippen molar-refractivity contribution in [1.82, 2.24) is 14.5 Å². The molecule has 0 bridgehead atoms. The highest BCUT2D eigenvalue weighted by Gasteiger charge is 2.03. The van der Waals surface area contributed by atoms with E-state index in [1.54, 1.807) is 16.8 Å². The minimum Gasteiger partial charge on any atom is -0.370 e. The summed E-state index contributed by atoms with van der Waals surface area (Å²) in [6, 6.07) is 6.96. The van der Waals surface area contributed by atoms with Crippen molar-refractivity contribution >= 4 is 5.82 Å². The molecule has 0 radical (unpaired) electrons. The molecule has 0 aliphatic heterocycles. The first-order chi connectivity index (χ1) is 8.69. The number of rotatable bonds is 4. The Morgan fingerprint density at radius 2 is 2.17 bits per heavy atom. The van der Waals surface area contributed by atoms with E-state index >= 15 is 0 Å². The molecule has 5 heteroatoms. The van der Waals surface area contributed by atoms with Crippen molar-refractivity contribution < 1.29 is 0 Å². The topological polar surface area (TPSA) is 59.8 Å². The van der Waals surface area contributed by atoms with Gasteiger partial charge in [0, 0.05) is 30.6 Å². The molecule has 2 aromatic heterocycles. The lowest BCUT2D eigenvalue weighted by Crippen LogP contribution is -2.20. The monoisotopic (exact) mass is 244 g/mol. The Kier molecular flexibility index (Phi) is 3.72. The van der Waals surface area contributed by atoms with Crippen LogP contribution in [0.1, 0.15) is 18.4 Å². The van der Waals surface area contributed by atoms with Crippen LogP contribution in [0, 0.1) is 6.92 Å². The number of anilines is 1. The zero-order chi connectivity index (χ0) is 13.0. The third-order valence-electron chi connectivity index (χ3n) is 2.47. The van der Waals surface area contributed by atoms with Gasteiger partial charge in [0.2, 0.25) is 0 Å². The molecule has 0 aliphatic rings. The van der Waals surface area contributed by atoms with Gasteiger partial charge in [-0.05, 0) is 19.9 Å². The molecule has 0 amide bonds. The maximum atomic E-state index is 11.6. The first-order valence-corrected chi connectivity index (χ1v) is 5.93. The summed E-state index contributed by atoms with van der Waals surface area (Å²) in [4.78, 5) is 20.3. The van der Waals surface area contributed by atoms with Crippen molar-refractivity contribution in [2.45, 2.75) is 20.4 Å². The van der Waals surface area contributed by atoms with Crippen LogP contribution in [0.25, 0.3) is 0 Å². The molecule has 0 spiro atoms. The van der Waals surface area contributed by atoms with Gasteiger partial charge in [-0.25, -0.2) is 9.97 Å². The Morgan fingerprint density at radius 1 is 1.33 bits per heavy atom. The van der Waals surface area contributed by atoms with Crippen molar-refractivity contribution in [3.63, 3.8) is 0 Å². The summed E-state index contributed by atoms with van der Waals surface area (Å²) in [5.74, 6) is 1.43. The fourth-order valence-corrected chi connectivity index (χ4v) is 1.72. The normalized spacial score (nSPS) is 10.3. The molecule has 0 unspecified atom stereocenters. The molecule has 5 nitrogen and oxygen atoms in total. The zero-order valence-corrected chi connectivity index (χ0v) is 10.6. The highest BCUT2D eigenvalue weighted by Crippen LogP contribution is 2.06. The Balaban J connectivity index is 2.29. The largest absolute Gasteiger partial charge is 0.370 e. The molecular weight excluding hydrogens is 228 g/mol. The highest BCUT2D eigenvalue weighted by atomic mass is 16.1. The lowest BCUT2D eigenvalue weighted by atomic mass is 10.4. The quantitative estimate of drug-likeness (QED) is 0.883. The van der Waals surface area contributed by atoms with Crippen molar-refractivity contribution in [3.05, 3.63) is 52.3 Å². The molecule has 2 rings (SSSR count). The van der Waals surface area contributed by atoms with E-state index < -0.39 is 0 Å². The van der Waals surface area contributed by atoms with Gasteiger partial charge in [0.25, 0.3) is 5.56 Å². The van der Waals surface area contributed by atoms with Crippen LogP contribution in [0.5, 0.6) is 0 Å². The lowest BCUT2D eigenvalue weighted by molar-refractivity contribution is 0.711. The van der Waals surface area contributed by atoms with Crippen molar-refractivity contribution in [1.29, 1.82) is 0 Å². The summed E-state index contributed by atoms with van der Waals surface area (Å²) in [7, 11) is 0. The van der Waals surface area contributed by atoms with Crippen LogP contribution in [-0.4, -0.2) is 21.1 Å². The maximum Gasteiger partial charge on any atom is 0.250 e. The summed E-state index contributed by atoms with van der Waals surface area (Å²) in [6.45, 7) is 5.12. The minimum atomic E-state index is -0.0485. The van der Waals surface area contributed by atoms with Gasteiger partial charge in [-0.2, -0.15) is 0 Å². The molecule has 1 N–H and O–H groups in total. The Morgan fingerprint density at radius 3 is 2.89 bits per heavy atom. The van der Waals surface area contributed by atoms with Crippen LogP contribution in [-0.2, 0) is 6.54 Å². The molecule has 94 valence electrons. The third-order valence-corrected chi connectivity index (χ3v) is 2.47. The van der Waals surface area contributed by atoms with E-state index in [0.717, 1.165) is 18.1 Å². The van der Waals surface area contributed by atoms with Crippen LogP contribution in [0.2, 0.25) is 0 Å². The molecule has 18 heavy (non-hydrogen) atoms. The molecule has 2 heterocycles. The number of aromatic nitrogens is 3. The van der Waals surface area contributed by atoms with Crippen LogP contribution in [0.4, 0.5) is 5.82 Å². The van der Waals surface area contributed by atoms with Gasteiger partial charge in [0.1, 0.15) is 5.82 Å². The van der Waals surface area contributed by atoms with E-state index in [-0.39, 0.29) is 5.56 Å². The Bertz CT molecular complexity index is 592. The predicted octanol–water partition coefficient (Wildman–Crippen LogP) is 1.43. The second kappa shape index (κ2) is 5.44. The van der Waals surface area contributed by atoms with Crippen molar-refractivity contribution in [3.8, 4) is 0 Å². The van der Waals surface area contributed by atoms with Crippen molar-refractivity contribution in [2.24, 2.45) is 0 Å². The van der Waals surface area contributed by atoms with E-state index in [9.17, 15) is 4.79 Å². The molecule has 0 atom stereocenters. The zero-order valence-electron chi connectivity index (χ0n) is 10.6. The molecule has 0 saturated carbocycles. The van der Waals surface area contributed by atoms with Crippen LogP contribution in [0.15, 0.2) is 35.3 Å². The first kappa shape index (κ1) is 12.3. The van der Waals surface area contributed by atoms with Crippen LogP contribution >= 0.6 is 0 Å². The molecule has 2 aromatic rings. The van der Waals surface area contributed by atoms with E-state index in [0.29, 0.717) is 12.4 Å². The van der Waals surface area contributed by atoms with Gasteiger partial charge in [-0.15, -0.1) is 0 Å². The molecular formula is C13H16N4O. The summed E-state index contributed by atoms with van der Waals surface area (Å²) in [5.41, 5.74) is 0.840. The summed E-state index contributed by atoms with van der Waals surface area (Å²) < 4.78 is 1.59. The van der Waals surface area contributed by atoms with Gasteiger partial charge in [0.15, 0.2) is 5.82 Å². The van der Waals surface area contributed by atoms with Crippen molar-refractivity contribution in [2.75, 3.05) is 11.9 Å². The van der Waals surface area contributed by atoms with Gasteiger partial charge in [-0.3, -0.25) is 4.79 Å². The Labute approximate surface area is 106 Å². The standard InChI is InChI=1S/C13H16N4O/c1-3-14-11-8-10(2)15-12(16-11)9-17-7-5-4-6-13(17)18/h4-8H,3,9H2,1-2H3,(H,14,15,16). The van der Waals surface area contributed by atoms with Gasteiger partial charge >= 0.3 is 0 Å². The first-order valence-electron chi connectivity index (χ1n) is 5.93. The van der Waals surface area contributed by atoms with Gasteiger partial charge in [0.05, 0.1) is 6.54 Å². The minimum absolute atomic E-state index is 0.0485. The van der Waals surface area contributed by atoms with Crippen LogP contribution in [0.3, 0.4) is 0 Å². The average molecular weight is 244 g/mol.